The summed E-state index contributed by atoms with van der Waals surface area (Å²) < 4.78 is 5.66. The highest BCUT2D eigenvalue weighted by atomic mass is 32.1. The molecule has 0 bridgehead atoms. The minimum Gasteiger partial charge on any atom is -0.379 e. The van der Waals surface area contributed by atoms with Crippen molar-refractivity contribution in [3.8, 4) is 0 Å². The Morgan fingerprint density at radius 3 is 2.12 bits per heavy atom. The number of rotatable bonds is 1. The Balaban J connectivity index is 0.000000181. The lowest BCUT2D eigenvalue weighted by Crippen LogP contribution is -2.30. The maximum absolute atomic E-state index is 5.01. The quantitative estimate of drug-likeness (QED) is 0.593. The average Bonchev–Trinajstić information content (AvgIpc) is 2.32. The van der Waals surface area contributed by atoms with Gasteiger partial charge in [-0.15, -0.1) is 12.6 Å². The molecular formula is C12H17NOS2. The van der Waals surface area contributed by atoms with E-state index in [-0.39, 0.29) is 0 Å². The Kier molecular flexibility index (Phi) is 6.64. The standard InChI is InChI=1S/C8H8S2.C4H9NO/c1-6-2-4-7(5-3-6)8(9)10;1-3-6-4-2-5-1/h2-5H,1H3,(H,9,10);5H,1-4H2. The van der Waals surface area contributed by atoms with E-state index in [0.717, 1.165) is 31.9 Å². The summed E-state index contributed by atoms with van der Waals surface area (Å²) in [4.78, 5) is 0. The number of thiocarbonyl (C=S) groups is 1. The van der Waals surface area contributed by atoms with Gasteiger partial charge in [-0.2, -0.15) is 0 Å². The molecule has 16 heavy (non-hydrogen) atoms. The predicted molar refractivity (Wildman–Crippen MR) is 75.6 cm³/mol. The van der Waals surface area contributed by atoms with Crippen LogP contribution in [0.25, 0.3) is 0 Å². The molecule has 1 fully saturated rings. The van der Waals surface area contributed by atoms with Gasteiger partial charge in [-0.1, -0.05) is 42.0 Å². The maximum atomic E-state index is 5.01. The van der Waals surface area contributed by atoms with E-state index in [1.807, 2.05) is 31.2 Å². The number of hydrogen-bond donors (Lipinski definition) is 2. The second-order valence-corrected chi connectivity index (χ2v) is 4.69. The van der Waals surface area contributed by atoms with Gasteiger partial charge in [0.25, 0.3) is 0 Å². The van der Waals surface area contributed by atoms with Gasteiger partial charge in [-0.3, -0.25) is 0 Å². The Labute approximate surface area is 108 Å². The van der Waals surface area contributed by atoms with Crippen LogP contribution in [0.4, 0.5) is 0 Å². The molecule has 0 spiro atoms. The molecule has 2 nitrogen and oxygen atoms in total. The number of hydrogen-bond acceptors (Lipinski definition) is 3. The third-order valence-electron chi connectivity index (χ3n) is 2.14. The summed E-state index contributed by atoms with van der Waals surface area (Å²) in [5.41, 5.74) is 2.26. The van der Waals surface area contributed by atoms with Crippen LogP contribution in [0.2, 0.25) is 0 Å². The van der Waals surface area contributed by atoms with E-state index in [4.69, 9.17) is 17.0 Å². The molecule has 0 aromatic heterocycles. The van der Waals surface area contributed by atoms with Crippen LogP contribution in [0.5, 0.6) is 0 Å². The lowest BCUT2D eigenvalue weighted by atomic mass is 10.2. The third-order valence-corrected chi connectivity index (χ3v) is 2.64. The van der Waals surface area contributed by atoms with Gasteiger partial charge in [0, 0.05) is 13.1 Å². The lowest BCUT2D eigenvalue weighted by molar-refractivity contribution is 0.109. The molecule has 2 rings (SSSR count). The lowest BCUT2D eigenvalue weighted by Gasteiger charge is -2.10. The van der Waals surface area contributed by atoms with Gasteiger partial charge in [0.1, 0.15) is 0 Å². The average molecular weight is 255 g/mol. The fourth-order valence-electron chi connectivity index (χ4n) is 1.21. The normalized spacial score (nSPS) is 14.9. The molecule has 0 radical (unpaired) electrons. The van der Waals surface area contributed by atoms with Gasteiger partial charge in [-0.05, 0) is 12.5 Å². The van der Waals surface area contributed by atoms with Crippen LogP contribution >= 0.6 is 24.8 Å². The highest BCUT2D eigenvalue weighted by molar-refractivity contribution is 8.11. The highest BCUT2D eigenvalue weighted by Crippen LogP contribution is 2.06. The number of thiol groups is 1. The molecule has 4 heteroatoms. The van der Waals surface area contributed by atoms with Crippen LogP contribution in [0.15, 0.2) is 24.3 Å². The van der Waals surface area contributed by atoms with E-state index in [9.17, 15) is 0 Å². The van der Waals surface area contributed by atoms with Gasteiger partial charge in [-0.25, -0.2) is 0 Å². The van der Waals surface area contributed by atoms with Crippen molar-refractivity contribution < 1.29 is 4.74 Å². The molecule has 0 atom stereocenters. The highest BCUT2D eigenvalue weighted by Gasteiger charge is 1.93. The van der Waals surface area contributed by atoms with Crippen LogP contribution < -0.4 is 5.32 Å². The monoisotopic (exact) mass is 255 g/mol. The number of ether oxygens (including phenoxy) is 1. The summed E-state index contributed by atoms with van der Waals surface area (Å²) in [7, 11) is 0. The number of benzene rings is 1. The van der Waals surface area contributed by atoms with Crippen molar-refractivity contribution in [3.05, 3.63) is 35.4 Å². The van der Waals surface area contributed by atoms with E-state index in [1.54, 1.807) is 0 Å². The third kappa shape index (κ3) is 5.61. The molecule has 1 aliphatic rings. The molecule has 0 amide bonds. The van der Waals surface area contributed by atoms with Crippen molar-refractivity contribution in [2.45, 2.75) is 6.92 Å². The Morgan fingerprint density at radius 1 is 1.25 bits per heavy atom. The maximum Gasteiger partial charge on any atom is 0.0747 e. The van der Waals surface area contributed by atoms with E-state index in [0.29, 0.717) is 4.20 Å². The minimum atomic E-state index is 0.653. The smallest absolute Gasteiger partial charge is 0.0747 e. The molecule has 1 saturated heterocycles. The summed E-state index contributed by atoms with van der Waals surface area (Å²) in [6.07, 6.45) is 0. The van der Waals surface area contributed by atoms with Crippen molar-refractivity contribution in [1.82, 2.24) is 5.32 Å². The van der Waals surface area contributed by atoms with E-state index < -0.39 is 0 Å². The first-order chi connectivity index (χ1) is 7.70. The van der Waals surface area contributed by atoms with Gasteiger partial charge >= 0.3 is 0 Å². The van der Waals surface area contributed by atoms with Crippen molar-refractivity contribution in [3.63, 3.8) is 0 Å². The number of morpholine rings is 1. The Bertz CT molecular complexity index is 309. The molecule has 1 aromatic carbocycles. The minimum absolute atomic E-state index is 0.653. The molecule has 0 saturated carbocycles. The number of aryl methyl sites for hydroxylation is 1. The fourth-order valence-corrected chi connectivity index (χ4v) is 1.50. The Morgan fingerprint density at radius 2 is 1.81 bits per heavy atom. The van der Waals surface area contributed by atoms with E-state index in [2.05, 4.69) is 17.9 Å². The zero-order valence-electron chi connectivity index (χ0n) is 9.40. The summed E-state index contributed by atoms with van der Waals surface area (Å²) in [6.45, 7) is 5.88. The van der Waals surface area contributed by atoms with Crippen molar-refractivity contribution in [2.24, 2.45) is 0 Å². The van der Waals surface area contributed by atoms with Crippen LogP contribution in [0.3, 0.4) is 0 Å². The van der Waals surface area contributed by atoms with Crippen LogP contribution in [0.1, 0.15) is 11.1 Å². The first-order valence-electron chi connectivity index (χ1n) is 5.28. The second-order valence-electron chi connectivity index (χ2n) is 3.53. The largest absolute Gasteiger partial charge is 0.379 e. The summed E-state index contributed by atoms with van der Waals surface area (Å²) in [6, 6.07) is 8.01. The second kappa shape index (κ2) is 7.79. The van der Waals surface area contributed by atoms with Gasteiger partial charge < -0.3 is 10.1 Å². The molecule has 0 aliphatic carbocycles. The van der Waals surface area contributed by atoms with E-state index in [1.165, 1.54) is 5.56 Å². The van der Waals surface area contributed by atoms with Gasteiger partial charge in [0.15, 0.2) is 0 Å². The molecule has 88 valence electrons. The van der Waals surface area contributed by atoms with Gasteiger partial charge in [0.2, 0.25) is 0 Å². The van der Waals surface area contributed by atoms with Crippen LogP contribution in [-0.2, 0) is 4.74 Å². The SMILES string of the molecule is C1COCCN1.Cc1ccc(C(=S)S)cc1. The predicted octanol–water partition coefficient (Wildman–Crippen LogP) is 2.21. The van der Waals surface area contributed by atoms with Gasteiger partial charge in [0.05, 0.1) is 17.4 Å². The number of nitrogens with one attached hydrogen (secondary N) is 1. The molecule has 1 N–H and O–H groups in total. The molecule has 1 aromatic rings. The Hall–Kier alpha value is -0.420. The topological polar surface area (TPSA) is 21.3 Å². The summed E-state index contributed by atoms with van der Waals surface area (Å²) in [5.74, 6) is 0. The summed E-state index contributed by atoms with van der Waals surface area (Å²) >= 11 is 8.92. The molecule has 1 heterocycles. The zero-order chi connectivity index (χ0) is 11.8. The molecular weight excluding hydrogens is 238 g/mol. The van der Waals surface area contributed by atoms with Crippen molar-refractivity contribution in [1.29, 1.82) is 0 Å². The first kappa shape index (κ1) is 13.6. The first-order valence-corrected chi connectivity index (χ1v) is 6.14. The van der Waals surface area contributed by atoms with Crippen LogP contribution in [0, 0.1) is 6.92 Å². The van der Waals surface area contributed by atoms with Crippen molar-refractivity contribution in [2.75, 3.05) is 26.3 Å². The zero-order valence-corrected chi connectivity index (χ0v) is 11.1. The van der Waals surface area contributed by atoms with E-state index >= 15 is 0 Å². The molecule has 1 aliphatic heterocycles. The molecule has 0 unspecified atom stereocenters. The van der Waals surface area contributed by atoms with Crippen molar-refractivity contribution >= 4 is 29.0 Å². The van der Waals surface area contributed by atoms with Crippen LogP contribution in [-0.4, -0.2) is 30.5 Å². The fraction of sp³-hybridized carbons (Fsp3) is 0.417. The summed E-state index contributed by atoms with van der Waals surface area (Å²) in [5, 5.41) is 3.16.